The number of benzene rings is 1. The van der Waals surface area contributed by atoms with E-state index in [2.05, 4.69) is 10.6 Å². The molecule has 32 heavy (non-hydrogen) atoms. The molecular weight excluding hydrogens is 427 g/mol. The standard InChI is InChI=1S/C22H24F3N3O4/c1-9-5-26-6-10(2)15(9)17-16-11(18(23)20(25)19(17)24)7-28(21(16)13(30)8-29)12-3-4-14(31)27-22(12)32/h8-10,12,15,21,26H,3-7H2,1-2H3,(H,27,31,32). The van der Waals surface area contributed by atoms with E-state index in [1.165, 1.54) is 4.90 Å². The number of halogens is 3. The van der Waals surface area contributed by atoms with Crippen molar-refractivity contribution >= 4 is 23.9 Å². The number of nitrogens with zero attached hydrogens (tertiary/aromatic N) is 1. The molecule has 3 aliphatic heterocycles. The van der Waals surface area contributed by atoms with Crippen LogP contribution in [0.3, 0.4) is 0 Å². The number of rotatable bonds is 4. The summed E-state index contributed by atoms with van der Waals surface area (Å²) in [7, 11) is 0. The van der Waals surface area contributed by atoms with Gasteiger partial charge in [-0.2, -0.15) is 0 Å². The molecule has 7 nitrogen and oxygen atoms in total. The van der Waals surface area contributed by atoms with Gasteiger partial charge in [0.2, 0.25) is 17.6 Å². The van der Waals surface area contributed by atoms with Gasteiger partial charge in [-0.15, -0.1) is 0 Å². The summed E-state index contributed by atoms with van der Waals surface area (Å²) in [5, 5.41) is 5.37. The molecule has 10 heteroatoms. The van der Waals surface area contributed by atoms with Crippen molar-refractivity contribution in [3.8, 4) is 0 Å². The van der Waals surface area contributed by atoms with Crippen LogP contribution in [0.25, 0.3) is 0 Å². The van der Waals surface area contributed by atoms with Gasteiger partial charge in [-0.05, 0) is 42.8 Å². The topological polar surface area (TPSA) is 95.6 Å². The lowest BCUT2D eigenvalue weighted by Crippen LogP contribution is -2.52. The Morgan fingerprint density at radius 2 is 1.69 bits per heavy atom. The number of aldehydes is 1. The number of carbonyl (C=O) groups excluding carboxylic acids is 4. The highest BCUT2D eigenvalue weighted by Gasteiger charge is 2.49. The van der Waals surface area contributed by atoms with E-state index in [1.807, 2.05) is 13.8 Å². The largest absolute Gasteiger partial charge is 0.316 e. The monoisotopic (exact) mass is 451 g/mol. The van der Waals surface area contributed by atoms with Crippen LogP contribution in [-0.2, 0) is 25.7 Å². The molecule has 0 aliphatic carbocycles. The third-order valence-electron chi connectivity index (χ3n) is 6.94. The van der Waals surface area contributed by atoms with E-state index in [4.69, 9.17) is 0 Å². The Labute approximate surface area is 182 Å². The van der Waals surface area contributed by atoms with Gasteiger partial charge in [0, 0.05) is 24.1 Å². The van der Waals surface area contributed by atoms with E-state index < -0.39 is 53.1 Å². The van der Waals surface area contributed by atoms with Crippen LogP contribution in [0.1, 0.15) is 55.3 Å². The Morgan fingerprint density at radius 1 is 1.03 bits per heavy atom. The van der Waals surface area contributed by atoms with Crippen molar-refractivity contribution in [2.75, 3.05) is 13.1 Å². The maximum absolute atomic E-state index is 15.3. The SMILES string of the molecule is CC1CNCC(C)C1c1c(F)c(F)c(F)c2c1C(C(=O)C=O)N(C1CCC(=O)NC1=O)C2. The third kappa shape index (κ3) is 3.45. The number of hydrogen-bond donors (Lipinski definition) is 2. The second-order valence-corrected chi connectivity index (χ2v) is 8.95. The fraction of sp³-hybridized carbons (Fsp3) is 0.545. The second-order valence-electron chi connectivity index (χ2n) is 8.95. The molecule has 2 saturated heterocycles. The predicted octanol–water partition coefficient (Wildman–Crippen LogP) is 1.49. The highest BCUT2D eigenvalue weighted by atomic mass is 19.2. The number of hydrogen-bond acceptors (Lipinski definition) is 6. The molecular formula is C22H24F3N3O4. The van der Waals surface area contributed by atoms with Crippen molar-refractivity contribution in [1.82, 2.24) is 15.5 Å². The van der Waals surface area contributed by atoms with Gasteiger partial charge >= 0.3 is 0 Å². The zero-order valence-corrected chi connectivity index (χ0v) is 17.7. The highest BCUT2D eigenvalue weighted by Crippen LogP contribution is 2.48. The van der Waals surface area contributed by atoms with Crippen molar-refractivity contribution in [2.24, 2.45) is 11.8 Å². The van der Waals surface area contributed by atoms with E-state index in [0.717, 1.165) is 0 Å². The summed E-state index contributed by atoms with van der Waals surface area (Å²) in [5.41, 5.74) is -0.383. The first kappa shape index (κ1) is 22.6. The van der Waals surface area contributed by atoms with Crippen molar-refractivity contribution in [3.05, 3.63) is 34.1 Å². The van der Waals surface area contributed by atoms with Crippen molar-refractivity contribution < 1.29 is 32.3 Å². The van der Waals surface area contributed by atoms with Crippen LogP contribution in [0.15, 0.2) is 0 Å². The number of imide groups is 1. The summed E-state index contributed by atoms with van der Waals surface area (Å²) in [6.07, 6.45) is 0.0892. The molecule has 0 radical (unpaired) electrons. The first-order valence-electron chi connectivity index (χ1n) is 10.7. The Hall–Kier alpha value is -2.59. The van der Waals surface area contributed by atoms with Gasteiger partial charge in [0.15, 0.2) is 23.7 Å². The molecule has 4 atom stereocenters. The van der Waals surface area contributed by atoms with Gasteiger partial charge in [0.1, 0.15) is 6.04 Å². The fourth-order valence-corrected chi connectivity index (χ4v) is 5.56. The number of piperidine rings is 2. The van der Waals surface area contributed by atoms with E-state index in [9.17, 15) is 28.0 Å². The smallest absolute Gasteiger partial charge is 0.243 e. The molecule has 0 bridgehead atoms. The summed E-state index contributed by atoms with van der Waals surface area (Å²) in [5.74, 6) is -7.39. The van der Waals surface area contributed by atoms with Crippen molar-refractivity contribution in [3.63, 3.8) is 0 Å². The van der Waals surface area contributed by atoms with E-state index in [1.54, 1.807) is 0 Å². The first-order valence-corrected chi connectivity index (χ1v) is 10.7. The first-order chi connectivity index (χ1) is 15.2. The number of ketones is 1. The zero-order chi connectivity index (χ0) is 23.3. The lowest BCUT2D eigenvalue weighted by Gasteiger charge is -2.38. The van der Waals surface area contributed by atoms with Crippen molar-refractivity contribution in [2.45, 2.75) is 51.2 Å². The lowest BCUT2D eigenvalue weighted by molar-refractivity contribution is -0.141. The minimum atomic E-state index is -1.63. The molecule has 4 unspecified atom stereocenters. The maximum Gasteiger partial charge on any atom is 0.243 e. The van der Waals surface area contributed by atoms with Crippen LogP contribution >= 0.6 is 0 Å². The van der Waals surface area contributed by atoms with Crippen LogP contribution in [-0.4, -0.2) is 47.9 Å². The fourth-order valence-electron chi connectivity index (χ4n) is 5.56. The van der Waals surface area contributed by atoms with E-state index >= 15 is 4.39 Å². The van der Waals surface area contributed by atoms with Crippen molar-refractivity contribution in [1.29, 1.82) is 0 Å². The van der Waals surface area contributed by atoms with Gasteiger partial charge < -0.3 is 5.32 Å². The van der Waals surface area contributed by atoms with Crippen LogP contribution in [0.2, 0.25) is 0 Å². The molecule has 2 amide bonds. The molecule has 2 N–H and O–H groups in total. The van der Waals surface area contributed by atoms with E-state index in [0.29, 0.717) is 13.1 Å². The van der Waals surface area contributed by atoms with Crippen LogP contribution < -0.4 is 10.6 Å². The molecule has 0 saturated carbocycles. The van der Waals surface area contributed by atoms with Gasteiger partial charge in [-0.3, -0.25) is 29.4 Å². The Kier molecular flexibility index (Phi) is 5.93. The number of amides is 2. The number of Topliss-reactive ketones (excluding diaryl/α,β-unsaturated/α-hetero) is 1. The summed E-state index contributed by atoms with van der Waals surface area (Å²) in [6.45, 7) is 4.39. The summed E-state index contributed by atoms with van der Waals surface area (Å²) < 4.78 is 44.9. The number of fused-ring (bicyclic) bond motifs is 1. The minimum Gasteiger partial charge on any atom is -0.316 e. The molecule has 172 valence electrons. The van der Waals surface area contributed by atoms with Gasteiger partial charge in [-0.25, -0.2) is 13.2 Å². The Morgan fingerprint density at radius 3 is 2.28 bits per heavy atom. The Balaban J connectivity index is 1.91. The second kappa shape index (κ2) is 8.40. The average Bonchev–Trinajstić information content (AvgIpc) is 3.13. The van der Waals surface area contributed by atoms with Crippen LogP contribution in [0.4, 0.5) is 13.2 Å². The van der Waals surface area contributed by atoms with Gasteiger partial charge in [0.05, 0.1) is 6.04 Å². The molecule has 1 aromatic rings. The van der Waals surface area contributed by atoms with Crippen LogP contribution in [0.5, 0.6) is 0 Å². The summed E-state index contributed by atoms with van der Waals surface area (Å²) in [6, 6.07) is -2.45. The number of nitrogens with one attached hydrogen (secondary N) is 2. The lowest BCUT2D eigenvalue weighted by atomic mass is 9.72. The third-order valence-corrected chi connectivity index (χ3v) is 6.94. The van der Waals surface area contributed by atoms with Gasteiger partial charge in [0.25, 0.3) is 0 Å². The molecule has 4 rings (SSSR count). The minimum absolute atomic E-state index is 0.00826. The highest BCUT2D eigenvalue weighted by molar-refractivity contribution is 6.27. The van der Waals surface area contributed by atoms with Crippen LogP contribution in [0, 0.1) is 29.3 Å². The van der Waals surface area contributed by atoms with E-state index in [-0.39, 0.29) is 54.2 Å². The Bertz CT molecular complexity index is 1000. The molecule has 3 heterocycles. The molecule has 0 aromatic heterocycles. The van der Waals surface area contributed by atoms with Gasteiger partial charge in [-0.1, -0.05) is 13.8 Å². The molecule has 3 aliphatic rings. The molecule has 1 aromatic carbocycles. The predicted molar refractivity (Wildman–Crippen MR) is 106 cm³/mol. The average molecular weight is 451 g/mol. The quantitative estimate of drug-likeness (QED) is 0.312. The summed E-state index contributed by atoms with van der Waals surface area (Å²) >= 11 is 0. The normalized spacial score (nSPS) is 30.7. The zero-order valence-electron chi connectivity index (χ0n) is 17.7. The molecule has 2 fully saturated rings. The summed E-state index contributed by atoms with van der Waals surface area (Å²) in [4.78, 5) is 49.6. The molecule has 0 spiro atoms. The maximum atomic E-state index is 15.3. The number of carbonyl (C=O) groups is 4.